The Morgan fingerprint density at radius 1 is 1.17 bits per heavy atom. The van der Waals surface area contributed by atoms with Crippen molar-refractivity contribution in [2.75, 3.05) is 6.26 Å². The van der Waals surface area contributed by atoms with E-state index in [9.17, 15) is 4.79 Å². The summed E-state index contributed by atoms with van der Waals surface area (Å²) in [6.07, 6.45) is 3.06. The number of aliphatic hydroxyl groups is 1. The molecular weight excluding hydrogens is 312 g/mol. The molecule has 0 radical (unpaired) electrons. The van der Waals surface area contributed by atoms with Crippen LogP contribution in [0.15, 0.2) is 69.5 Å². The Morgan fingerprint density at radius 2 is 1.87 bits per heavy atom. The van der Waals surface area contributed by atoms with Crippen LogP contribution in [0.4, 0.5) is 5.69 Å². The SMILES string of the molecule is CSc1ccc(Oc2ccc(N=NC(C=O)=CO)cc2)cc1C. The van der Waals surface area contributed by atoms with Crippen LogP contribution in [0.2, 0.25) is 0 Å². The van der Waals surface area contributed by atoms with E-state index < -0.39 is 0 Å². The van der Waals surface area contributed by atoms with Crippen molar-refractivity contribution in [1.82, 2.24) is 0 Å². The lowest BCUT2D eigenvalue weighted by Crippen LogP contribution is -1.86. The summed E-state index contributed by atoms with van der Waals surface area (Å²) in [4.78, 5) is 11.7. The zero-order valence-corrected chi connectivity index (χ0v) is 13.6. The molecule has 0 atom stereocenters. The molecule has 0 aliphatic heterocycles. The molecule has 2 aromatic rings. The Kier molecular flexibility index (Phi) is 5.94. The fourth-order valence-electron chi connectivity index (χ4n) is 1.83. The van der Waals surface area contributed by atoms with Gasteiger partial charge < -0.3 is 9.84 Å². The number of carbonyl (C=O) groups excluding carboxylic acids is 1. The fraction of sp³-hybridized carbons (Fsp3) is 0.118. The Morgan fingerprint density at radius 3 is 2.43 bits per heavy atom. The molecule has 0 aromatic heterocycles. The molecule has 6 heteroatoms. The molecule has 1 N–H and O–H groups in total. The molecule has 5 nitrogen and oxygen atoms in total. The highest BCUT2D eigenvalue weighted by molar-refractivity contribution is 7.98. The van der Waals surface area contributed by atoms with Gasteiger partial charge in [-0.2, -0.15) is 5.11 Å². The normalized spacial score (nSPS) is 11.7. The van der Waals surface area contributed by atoms with E-state index in [1.165, 1.54) is 4.90 Å². The maximum absolute atomic E-state index is 10.5. The monoisotopic (exact) mass is 328 g/mol. The van der Waals surface area contributed by atoms with E-state index in [0.29, 0.717) is 24.0 Å². The Labute approximate surface area is 138 Å². The average Bonchev–Trinajstić information content (AvgIpc) is 2.57. The third-order valence-corrected chi connectivity index (χ3v) is 3.87. The molecule has 0 heterocycles. The third-order valence-electron chi connectivity index (χ3n) is 2.97. The predicted octanol–water partition coefficient (Wildman–Crippen LogP) is 5.19. The fourth-order valence-corrected chi connectivity index (χ4v) is 2.41. The number of aryl methyl sites for hydroxylation is 1. The average molecular weight is 328 g/mol. The molecule has 0 saturated heterocycles. The van der Waals surface area contributed by atoms with E-state index in [-0.39, 0.29) is 5.70 Å². The third kappa shape index (κ3) is 4.69. The molecule has 2 aromatic carbocycles. The number of hydrogen-bond donors (Lipinski definition) is 1. The second-order valence-electron chi connectivity index (χ2n) is 4.60. The second-order valence-corrected chi connectivity index (χ2v) is 5.45. The summed E-state index contributed by atoms with van der Waals surface area (Å²) in [5.41, 5.74) is 1.57. The van der Waals surface area contributed by atoms with E-state index in [1.54, 1.807) is 36.0 Å². The quantitative estimate of drug-likeness (QED) is 0.260. The van der Waals surface area contributed by atoms with E-state index in [4.69, 9.17) is 9.84 Å². The van der Waals surface area contributed by atoms with Gasteiger partial charge in [0.15, 0.2) is 12.0 Å². The number of azo groups is 1. The number of aliphatic hydroxyl groups excluding tert-OH is 1. The van der Waals surface area contributed by atoms with Crippen LogP contribution in [0.3, 0.4) is 0 Å². The van der Waals surface area contributed by atoms with E-state index >= 15 is 0 Å². The van der Waals surface area contributed by atoms with Crippen molar-refractivity contribution in [3.05, 3.63) is 60.0 Å². The van der Waals surface area contributed by atoms with Gasteiger partial charge in [0.1, 0.15) is 17.8 Å². The van der Waals surface area contributed by atoms with Gasteiger partial charge in [0, 0.05) is 4.90 Å². The van der Waals surface area contributed by atoms with Crippen molar-refractivity contribution in [3.8, 4) is 11.5 Å². The lowest BCUT2D eigenvalue weighted by molar-refractivity contribution is -0.105. The molecule has 118 valence electrons. The lowest BCUT2D eigenvalue weighted by atomic mass is 10.2. The summed E-state index contributed by atoms with van der Waals surface area (Å²) in [6.45, 7) is 2.04. The number of aldehydes is 1. The van der Waals surface area contributed by atoms with Crippen LogP contribution in [0.25, 0.3) is 0 Å². The standard InChI is InChI=1S/C17H16N2O3S/c1-12-9-16(7-8-17(12)23-2)22-15-5-3-13(4-6-15)18-19-14(10-20)11-21/h3-11,20H,1-2H3. The van der Waals surface area contributed by atoms with Crippen LogP contribution in [0.1, 0.15) is 5.56 Å². The van der Waals surface area contributed by atoms with Gasteiger partial charge in [-0.05, 0) is 61.2 Å². The minimum atomic E-state index is -0.144. The highest BCUT2D eigenvalue weighted by Gasteiger charge is 2.02. The van der Waals surface area contributed by atoms with E-state index in [0.717, 1.165) is 11.3 Å². The summed E-state index contributed by atoms with van der Waals surface area (Å²) in [7, 11) is 0. The molecule has 0 fully saturated rings. The number of nitrogens with zero attached hydrogens (tertiary/aromatic N) is 2. The molecule has 23 heavy (non-hydrogen) atoms. The van der Waals surface area contributed by atoms with Gasteiger partial charge >= 0.3 is 0 Å². The molecule has 0 amide bonds. The summed E-state index contributed by atoms with van der Waals surface area (Å²) in [6, 6.07) is 12.9. The number of ether oxygens (including phenoxy) is 1. The lowest BCUT2D eigenvalue weighted by Gasteiger charge is -2.08. The van der Waals surface area contributed by atoms with Gasteiger partial charge in [0.2, 0.25) is 0 Å². The van der Waals surface area contributed by atoms with E-state index in [2.05, 4.69) is 10.2 Å². The number of rotatable bonds is 6. The van der Waals surface area contributed by atoms with Crippen molar-refractivity contribution < 1.29 is 14.6 Å². The van der Waals surface area contributed by atoms with E-state index in [1.807, 2.05) is 31.4 Å². The predicted molar refractivity (Wildman–Crippen MR) is 90.8 cm³/mol. The van der Waals surface area contributed by atoms with Crippen LogP contribution >= 0.6 is 11.8 Å². The maximum atomic E-state index is 10.5. The van der Waals surface area contributed by atoms with Gasteiger partial charge in [-0.25, -0.2) is 0 Å². The zero-order chi connectivity index (χ0) is 16.7. The summed E-state index contributed by atoms with van der Waals surface area (Å²) >= 11 is 1.70. The Balaban J connectivity index is 2.08. The first-order valence-electron chi connectivity index (χ1n) is 6.80. The minimum Gasteiger partial charge on any atom is -0.513 e. The largest absolute Gasteiger partial charge is 0.513 e. The van der Waals surface area contributed by atoms with Gasteiger partial charge in [0.25, 0.3) is 0 Å². The summed E-state index contributed by atoms with van der Waals surface area (Å²) in [5.74, 6) is 1.44. The van der Waals surface area contributed by atoms with Crippen molar-refractivity contribution in [1.29, 1.82) is 0 Å². The van der Waals surface area contributed by atoms with Gasteiger partial charge in [-0.3, -0.25) is 4.79 Å². The second kappa shape index (κ2) is 8.14. The van der Waals surface area contributed by atoms with Gasteiger partial charge in [-0.1, -0.05) is 0 Å². The molecule has 0 saturated carbocycles. The first-order chi connectivity index (χ1) is 11.2. The summed E-state index contributed by atoms with van der Waals surface area (Å²) < 4.78 is 5.79. The van der Waals surface area contributed by atoms with Crippen molar-refractivity contribution >= 4 is 23.7 Å². The number of carbonyl (C=O) groups is 1. The molecule has 0 spiro atoms. The van der Waals surface area contributed by atoms with Crippen LogP contribution in [-0.4, -0.2) is 17.6 Å². The van der Waals surface area contributed by atoms with Crippen LogP contribution in [0, 0.1) is 6.92 Å². The Hall–Kier alpha value is -2.60. The highest BCUT2D eigenvalue weighted by Crippen LogP contribution is 2.28. The zero-order valence-electron chi connectivity index (χ0n) is 12.8. The molecule has 0 unspecified atom stereocenters. The van der Waals surface area contributed by atoms with Crippen molar-refractivity contribution in [2.24, 2.45) is 10.2 Å². The molecule has 0 aliphatic carbocycles. The smallest absolute Gasteiger partial charge is 0.173 e. The molecular formula is C17H16N2O3S. The Bertz CT molecular complexity index is 740. The van der Waals surface area contributed by atoms with Crippen molar-refractivity contribution in [3.63, 3.8) is 0 Å². The summed E-state index contributed by atoms with van der Waals surface area (Å²) in [5, 5.41) is 16.1. The first-order valence-corrected chi connectivity index (χ1v) is 8.02. The number of thioether (sulfide) groups is 1. The first kappa shape index (κ1) is 16.8. The number of benzene rings is 2. The van der Waals surface area contributed by atoms with Gasteiger partial charge in [-0.15, -0.1) is 16.9 Å². The topological polar surface area (TPSA) is 71.2 Å². The molecule has 0 bridgehead atoms. The maximum Gasteiger partial charge on any atom is 0.173 e. The number of hydrogen-bond acceptors (Lipinski definition) is 6. The highest BCUT2D eigenvalue weighted by atomic mass is 32.2. The van der Waals surface area contributed by atoms with Crippen LogP contribution < -0.4 is 4.74 Å². The van der Waals surface area contributed by atoms with Gasteiger partial charge in [0.05, 0.1) is 5.69 Å². The minimum absolute atomic E-state index is 0.144. The van der Waals surface area contributed by atoms with Crippen molar-refractivity contribution in [2.45, 2.75) is 11.8 Å². The van der Waals surface area contributed by atoms with Crippen LogP contribution in [0.5, 0.6) is 11.5 Å². The molecule has 0 aliphatic rings. The molecule has 2 rings (SSSR count). The number of allylic oxidation sites excluding steroid dienone is 1. The van der Waals surface area contributed by atoms with Crippen LogP contribution in [-0.2, 0) is 4.79 Å².